The van der Waals surface area contributed by atoms with Gasteiger partial charge in [0, 0.05) is 21.1 Å². The van der Waals surface area contributed by atoms with E-state index in [0.29, 0.717) is 27.8 Å². The maximum absolute atomic E-state index is 12.9. The van der Waals surface area contributed by atoms with Crippen LogP contribution < -0.4 is 5.32 Å². The summed E-state index contributed by atoms with van der Waals surface area (Å²) in [6.45, 7) is 3.53. The Bertz CT molecular complexity index is 1320. The van der Waals surface area contributed by atoms with Crippen molar-refractivity contribution in [3.8, 4) is 11.3 Å². The van der Waals surface area contributed by atoms with Gasteiger partial charge in [0.1, 0.15) is 0 Å². The van der Waals surface area contributed by atoms with Gasteiger partial charge in [0.2, 0.25) is 0 Å². The predicted octanol–water partition coefficient (Wildman–Crippen LogP) is 6.08. The Morgan fingerprint density at radius 2 is 1.72 bits per heavy atom. The molecule has 0 aliphatic carbocycles. The summed E-state index contributed by atoms with van der Waals surface area (Å²) >= 11 is 3.43. The second-order valence-electron chi connectivity index (χ2n) is 7.45. The Labute approximate surface area is 194 Å². The number of amides is 1. The van der Waals surface area contributed by atoms with E-state index >= 15 is 0 Å². The number of carbonyl (C=O) groups excluding carboxylic acids is 2. The first-order chi connectivity index (χ1) is 15.4. The number of benzene rings is 3. The van der Waals surface area contributed by atoms with Gasteiger partial charge in [-0.2, -0.15) is 0 Å². The summed E-state index contributed by atoms with van der Waals surface area (Å²) in [5.74, 6) is -0.961. The summed E-state index contributed by atoms with van der Waals surface area (Å²) in [5, 5.41) is 3.48. The zero-order chi connectivity index (χ0) is 22.7. The summed E-state index contributed by atoms with van der Waals surface area (Å²) < 4.78 is 6.32. The highest BCUT2D eigenvalue weighted by molar-refractivity contribution is 9.10. The van der Waals surface area contributed by atoms with Crippen molar-refractivity contribution in [1.29, 1.82) is 0 Å². The zero-order valence-corrected chi connectivity index (χ0v) is 19.3. The molecule has 1 aromatic heterocycles. The Kier molecular flexibility index (Phi) is 6.32. The molecule has 0 spiro atoms. The third kappa shape index (κ3) is 4.70. The number of hydrogen-bond donors (Lipinski definition) is 1. The molecule has 0 atom stereocenters. The van der Waals surface area contributed by atoms with Gasteiger partial charge in [0.25, 0.3) is 5.91 Å². The summed E-state index contributed by atoms with van der Waals surface area (Å²) in [6, 6.07) is 22.4. The average molecular weight is 489 g/mol. The minimum absolute atomic E-state index is 0.369. The van der Waals surface area contributed by atoms with Crippen LogP contribution in [-0.2, 0) is 9.53 Å². The number of nitrogens with zero attached hydrogens (tertiary/aromatic N) is 1. The van der Waals surface area contributed by atoms with Gasteiger partial charge in [-0.1, -0.05) is 58.4 Å². The number of carbonyl (C=O) groups is 2. The van der Waals surface area contributed by atoms with Gasteiger partial charge in [-0.25, -0.2) is 9.78 Å². The number of ether oxygens (including phenoxy) is 1. The molecule has 0 saturated heterocycles. The van der Waals surface area contributed by atoms with Gasteiger partial charge in [0.05, 0.1) is 16.8 Å². The number of esters is 1. The van der Waals surface area contributed by atoms with E-state index in [1.54, 1.807) is 6.07 Å². The lowest BCUT2D eigenvalue weighted by Crippen LogP contribution is -2.21. The van der Waals surface area contributed by atoms with Gasteiger partial charge in [-0.3, -0.25) is 4.79 Å². The van der Waals surface area contributed by atoms with Crippen LogP contribution in [0.25, 0.3) is 22.2 Å². The van der Waals surface area contributed by atoms with Crippen molar-refractivity contribution in [2.24, 2.45) is 0 Å². The molecule has 0 aliphatic heterocycles. The molecule has 0 bridgehead atoms. The molecular formula is C26H21BrN2O3. The van der Waals surface area contributed by atoms with E-state index in [9.17, 15) is 9.59 Å². The Morgan fingerprint density at radius 3 is 2.50 bits per heavy atom. The number of aryl methyl sites for hydroxylation is 1. The van der Waals surface area contributed by atoms with Crippen LogP contribution in [0.1, 0.15) is 21.5 Å². The zero-order valence-electron chi connectivity index (χ0n) is 17.7. The van der Waals surface area contributed by atoms with Crippen LogP contribution in [0.5, 0.6) is 0 Å². The largest absolute Gasteiger partial charge is 0.452 e. The maximum Gasteiger partial charge on any atom is 0.339 e. The molecule has 0 saturated carbocycles. The molecule has 6 heteroatoms. The number of pyridine rings is 1. The number of fused-ring (bicyclic) bond motifs is 1. The van der Waals surface area contributed by atoms with Crippen LogP contribution >= 0.6 is 15.9 Å². The number of hydrogen-bond acceptors (Lipinski definition) is 4. The maximum atomic E-state index is 12.9. The van der Waals surface area contributed by atoms with Crippen LogP contribution in [0.4, 0.5) is 5.69 Å². The molecule has 0 fully saturated rings. The van der Waals surface area contributed by atoms with Crippen molar-refractivity contribution in [2.75, 3.05) is 11.9 Å². The average Bonchev–Trinajstić information content (AvgIpc) is 2.80. The highest BCUT2D eigenvalue weighted by atomic mass is 79.9. The summed E-state index contributed by atoms with van der Waals surface area (Å²) in [4.78, 5) is 30.0. The van der Waals surface area contributed by atoms with Crippen LogP contribution in [0.2, 0.25) is 0 Å². The first-order valence-corrected chi connectivity index (χ1v) is 10.9. The number of nitrogens with one attached hydrogen (secondary N) is 1. The molecule has 3 aromatic carbocycles. The van der Waals surface area contributed by atoms with E-state index < -0.39 is 11.9 Å². The van der Waals surface area contributed by atoms with Crippen LogP contribution in [-0.4, -0.2) is 23.5 Å². The number of para-hydroxylation sites is 1. The van der Waals surface area contributed by atoms with Gasteiger partial charge in [-0.15, -0.1) is 0 Å². The lowest BCUT2D eigenvalue weighted by atomic mass is 10.0. The molecule has 0 aliphatic rings. The van der Waals surface area contributed by atoms with Gasteiger partial charge >= 0.3 is 5.97 Å². The third-order valence-corrected chi connectivity index (χ3v) is 5.82. The van der Waals surface area contributed by atoms with E-state index in [4.69, 9.17) is 4.74 Å². The Morgan fingerprint density at radius 1 is 0.969 bits per heavy atom. The molecule has 1 N–H and O–H groups in total. The first-order valence-electron chi connectivity index (χ1n) is 10.1. The van der Waals surface area contributed by atoms with Gasteiger partial charge in [-0.05, 0) is 55.3 Å². The van der Waals surface area contributed by atoms with E-state index in [1.807, 2.05) is 80.6 Å². The van der Waals surface area contributed by atoms with Gasteiger partial charge < -0.3 is 10.1 Å². The van der Waals surface area contributed by atoms with Crippen molar-refractivity contribution in [1.82, 2.24) is 4.98 Å². The van der Waals surface area contributed by atoms with Crippen molar-refractivity contribution >= 4 is 44.4 Å². The van der Waals surface area contributed by atoms with Crippen molar-refractivity contribution < 1.29 is 14.3 Å². The fourth-order valence-corrected chi connectivity index (χ4v) is 3.66. The summed E-state index contributed by atoms with van der Waals surface area (Å²) in [7, 11) is 0. The molecule has 4 aromatic rings. The number of halogens is 1. The highest BCUT2D eigenvalue weighted by Gasteiger charge is 2.17. The fraction of sp³-hybridized carbons (Fsp3) is 0.115. The fourth-order valence-electron chi connectivity index (χ4n) is 3.39. The molecular weight excluding hydrogens is 468 g/mol. The topological polar surface area (TPSA) is 68.3 Å². The van der Waals surface area contributed by atoms with Crippen molar-refractivity contribution in [2.45, 2.75) is 13.8 Å². The Balaban J connectivity index is 1.56. The SMILES string of the molecule is Cc1cccc(NC(=O)COC(=O)c2cc(-c3ccc(Br)cc3)nc3ccccc23)c1C. The second kappa shape index (κ2) is 9.32. The Hall–Kier alpha value is -3.51. The molecule has 5 nitrogen and oxygen atoms in total. The lowest BCUT2D eigenvalue weighted by Gasteiger charge is -2.12. The third-order valence-electron chi connectivity index (χ3n) is 5.29. The second-order valence-corrected chi connectivity index (χ2v) is 8.37. The van der Waals surface area contributed by atoms with Crippen molar-refractivity contribution in [3.05, 3.63) is 94.0 Å². The lowest BCUT2D eigenvalue weighted by molar-refractivity contribution is -0.119. The van der Waals surface area contributed by atoms with E-state index in [2.05, 4.69) is 26.2 Å². The molecule has 160 valence electrons. The monoisotopic (exact) mass is 488 g/mol. The molecule has 32 heavy (non-hydrogen) atoms. The number of aromatic nitrogens is 1. The number of rotatable bonds is 5. The number of anilines is 1. The standard InChI is InChI=1S/C26H21BrN2O3/c1-16-6-5-9-22(17(16)2)29-25(30)15-32-26(31)21-14-24(18-10-12-19(27)13-11-18)28-23-8-4-3-7-20(21)23/h3-14H,15H2,1-2H3,(H,29,30). The molecule has 0 radical (unpaired) electrons. The molecule has 1 amide bonds. The minimum atomic E-state index is -0.571. The molecule has 1 heterocycles. The summed E-state index contributed by atoms with van der Waals surface area (Å²) in [6.07, 6.45) is 0. The van der Waals surface area contributed by atoms with E-state index in [1.165, 1.54) is 0 Å². The highest BCUT2D eigenvalue weighted by Crippen LogP contribution is 2.26. The predicted molar refractivity (Wildman–Crippen MR) is 130 cm³/mol. The van der Waals surface area contributed by atoms with Crippen LogP contribution in [0.15, 0.2) is 77.3 Å². The van der Waals surface area contributed by atoms with Crippen molar-refractivity contribution in [3.63, 3.8) is 0 Å². The quantitative estimate of drug-likeness (QED) is 0.345. The smallest absolute Gasteiger partial charge is 0.339 e. The minimum Gasteiger partial charge on any atom is -0.452 e. The van der Waals surface area contributed by atoms with E-state index in [-0.39, 0.29) is 6.61 Å². The molecule has 4 rings (SSSR count). The van der Waals surface area contributed by atoms with Crippen LogP contribution in [0, 0.1) is 13.8 Å². The molecule has 0 unspecified atom stereocenters. The normalized spacial score (nSPS) is 10.7. The van der Waals surface area contributed by atoms with E-state index in [0.717, 1.165) is 21.2 Å². The summed E-state index contributed by atoms with van der Waals surface area (Å²) in [5.41, 5.74) is 5.34. The van der Waals surface area contributed by atoms with Gasteiger partial charge in [0.15, 0.2) is 6.61 Å². The first kappa shape index (κ1) is 21.7. The van der Waals surface area contributed by atoms with Crippen LogP contribution in [0.3, 0.4) is 0 Å².